The van der Waals surface area contributed by atoms with E-state index < -0.39 is 12.2 Å². The third kappa shape index (κ3) is 6.17. The third-order valence-corrected chi connectivity index (χ3v) is 12.2. The summed E-state index contributed by atoms with van der Waals surface area (Å²) in [4.78, 5) is 17.6. The number of hydrogen-bond donors (Lipinski definition) is 2. The number of aryl methyl sites for hydroxylation is 1. The van der Waals surface area contributed by atoms with Crippen LogP contribution in [0.2, 0.25) is 0 Å². The number of allylic oxidation sites excluding steroid dienone is 3. The normalized spacial score (nSPS) is 34.6. The molecular formula is C35H51NO4S. The van der Waals surface area contributed by atoms with Crippen molar-refractivity contribution >= 4 is 17.3 Å². The van der Waals surface area contributed by atoms with Crippen LogP contribution >= 0.6 is 11.3 Å². The number of ether oxygens (including phenoxy) is 1. The highest BCUT2D eigenvalue weighted by atomic mass is 32.1. The van der Waals surface area contributed by atoms with Crippen molar-refractivity contribution in [2.24, 2.45) is 29.1 Å². The van der Waals surface area contributed by atoms with Gasteiger partial charge in [-0.2, -0.15) is 0 Å². The highest BCUT2D eigenvalue weighted by molar-refractivity contribution is 7.09. The van der Waals surface area contributed by atoms with Crippen LogP contribution in [0.5, 0.6) is 0 Å². The van der Waals surface area contributed by atoms with Gasteiger partial charge in [0.25, 0.3) is 0 Å². The zero-order valence-electron chi connectivity index (χ0n) is 25.8. The highest BCUT2D eigenvalue weighted by Crippen LogP contribution is 2.60. The summed E-state index contributed by atoms with van der Waals surface area (Å²) in [6, 6.07) is 0. The molecule has 0 bridgehead atoms. The lowest BCUT2D eigenvalue weighted by atomic mass is 9.60. The number of thiazole rings is 1. The van der Waals surface area contributed by atoms with Crippen LogP contribution in [0.3, 0.4) is 0 Å². The second-order valence-electron chi connectivity index (χ2n) is 14.2. The molecule has 5 rings (SSSR count). The first kappa shape index (κ1) is 30.7. The minimum atomic E-state index is -0.644. The van der Waals surface area contributed by atoms with Crippen LogP contribution in [-0.2, 0) is 14.9 Å². The largest absolute Gasteiger partial charge is 0.461 e. The number of esters is 1. The molecule has 0 amide bonds. The Hall–Kier alpha value is -1.76. The van der Waals surface area contributed by atoms with Gasteiger partial charge in [-0.05, 0) is 105 Å². The summed E-state index contributed by atoms with van der Waals surface area (Å²) < 4.78 is 6.25. The predicted molar refractivity (Wildman–Crippen MR) is 166 cm³/mol. The van der Waals surface area contributed by atoms with E-state index in [-0.39, 0.29) is 28.8 Å². The molecule has 1 aromatic heterocycles. The summed E-state index contributed by atoms with van der Waals surface area (Å²) >= 11 is 1.73. The Bertz CT molecular complexity index is 1190. The van der Waals surface area contributed by atoms with Gasteiger partial charge in [-0.1, -0.05) is 52.0 Å². The van der Waals surface area contributed by atoms with E-state index in [1.54, 1.807) is 11.3 Å². The van der Waals surface area contributed by atoms with Crippen LogP contribution < -0.4 is 0 Å². The van der Waals surface area contributed by atoms with Crippen molar-refractivity contribution in [1.82, 2.24) is 4.98 Å². The Morgan fingerprint density at radius 1 is 1.20 bits per heavy atom. The van der Waals surface area contributed by atoms with Crippen molar-refractivity contribution in [3.8, 4) is 0 Å². The summed E-state index contributed by atoms with van der Waals surface area (Å²) in [5.41, 5.74) is 4.52. The predicted octanol–water partition coefficient (Wildman–Crippen LogP) is 7.61. The van der Waals surface area contributed by atoms with E-state index in [0.29, 0.717) is 30.6 Å². The van der Waals surface area contributed by atoms with Gasteiger partial charge in [0, 0.05) is 17.5 Å². The van der Waals surface area contributed by atoms with E-state index >= 15 is 0 Å². The fourth-order valence-electron chi connectivity index (χ4n) is 8.41. The lowest BCUT2D eigenvalue weighted by Gasteiger charge is -2.44. The van der Waals surface area contributed by atoms with E-state index in [9.17, 15) is 15.0 Å². The van der Waals surface area contributed by atoms with Gasteiger partial charge in [0.15, 0.2) is 0 Å². The van der Waals surface area contributed by atoms with Gasteiger partial charge in [-0.15, -0.1) is 11.3 Å². The van der Waals surface area contributed by atoms with Gasteiger partial charge in [-0.3, -0.25) is 4.79 Å². The Kier molecular flexibility index (Phi) is 9.05. The van der Waals surface area contributed by atoms with E-state index in [1.165, 1.54) is 31.3 Å². The molecule has 0 aliphatic heterocycles. The number of fused-ring (bicyclic) bond motifs is 1. The number of rotatable bonds is 9. The molecule has 2 N–H and O–H groups in total. The molecule has 5 nitrogen and oxygen atoms in total. The van der Waals surface area contributed by atoms with Crippen LogP contribution in [0.15, 0.2) is 40.8 Å². The van der Waals surface area contributed by atoms with Crippen LogP contribution in [-0.4, -0.2) is 39.5 Å². The van der Waals surface area contributed by atoms with Crippen molar-refractivity contribution in [3.05, 3.63) is 51.5 Å². The van der Waals surface area contributed by atoms with Crippen LogP contribution in [0.1, 0.15) is 109 Å². The van der Waals surface area contributed by atoms with Crippen LogP contribution in [0, 0.1) is 36.0 Å². The maximum Gasteiger partial charge on any atom is 0.308 e. The molecule has 41 heavy (non-hydrogen) atoms. The number of hydrogen-bond acceptors (Lipinski definition) is 6. The van der Waals surface area contributed by atoms with Gasteiger partial charge in [0.2, 0.25) is 0 Å². The zero-order chi connectivity index (χ0) is 29.5. The summed E-state index contributed by atoms with van der Waals surface area (Å²) in [7, 11) is 0. The van der Waals surface area contributed by atoms with Gasteiger partial charge >= 0.3 is 5.97 Å². The molecule has 0 unspecified atom stereocenters. The van der Waals surface area contributed by atoms with Gasteiger partial charge in [0.1, 0.15) is 11.1 Å². The molecule has 1 aromatic rings. The Labute approximate surface area is 251 Å². The first-order valence-electron chi connectivity index (χ1n) is 16.0. The molecular weight excluding hydrogens is 530 g/mol. The summed E-state index contributed by atoms with van der Waals surface area (Å²) in [6.45, 7) is 15.0. The smallest absolute Gasteiger partial charge is 0.308 e. The molecule has 7 atom stereocenters. The zero-order valence-corrected chi connectivity index (χ0v) is 26.6. The van der Waals surface area contributed by atoms with Crippen molar-refractivity contribution in [3.63, 3.8) is 0 Å². The quantitative estimate of drug-likeness (QED) is 0.294. The van der Waals surface area contributed by atoms with Gasteiger partial charge in [0.05, 0.1) is 23.5 Å². The summed E-state index contributed by atoms with van der Waals surface area (Å²) in [5.74, 6) is 1.57. The Balaban J connectivity index is 1.29. The molecule has 1 heterocycles. The van der Waals surface area contributed by atoms with E-state index in [1.807, 2.05) is 20.8 Å². The number of aromatic nitrogens is 1. The fraction of sp³-hybridized carbons (Fsp3) is 0.714. The molecule has 4 fully saturated rings. The maximum absolute atomic E-state index is 12.8. The number of carbonyl (C=O) groups is 1. The standard InChI is InChI=1S/C35H51NO4S/c1-21(2)32(39)40-31(35(16-17-35)33-36-23(4)20-41-33)14-9-22(3)28-12-13-29-25(8-7-15-34(28,29)6)10-11-26-18-27(37)19-30(38)24(26)5/h10-11,20-22,27-31,37-38H,5,7-9,12-19H2,1-4,6H3/t22-,27-,28-,29+,30+,31-,34-/m1/s1. The number of carbonyl (C=O) groups excluding carboxylic acids is 1. The van der Waals surface area contributed by atoms with Crippen molar-refractivity contribution < 1.29 is 19.7 Å². The van der Waals surface area contributed by atoms with E-state index in [4.69, 9.17) is 9.72 Å². The number of nitrogens with zero attached hydrogens (tertiary/aromatic N) is 1. The second-order valence-corrected chi connectivity index (χ2v) is 15.1. The van der Waals surface area contributed by atoms with Gasteiger partial charge in [-0.25, -0.2) is 4.98 Å². The van der Waals surface area contributed by atoms with E-state index in [0.717, 1.165) is 54.0 Å². The average molecular weight is 582 g/mol. The SMILES string of the molecule is C=C1C(=CC=C2CCC[C@]3(C)[C@@H]([C@H](C)CC[C@@H](OC(=O)C(C)C)C4(c5nc(C)cs5)CC4)CC[C@@H]23)C[C@@H](O)C[C@@H]1O. The lowest BCUT2D eigenvalue weighted by Crippen LogP contribution is -2.37. The summed E-state index contributed by atoms with van der Waals surface area (Å²) in [6.07, 6.45) is 14.3. The summed E-state index contributed by atoms with van der Waals surface area (Å²) in [5, 5.41) is 23.7. The van der Waals surface area contributed by atoms with Crippen LogP contribution in [0.4, 0.5) is 0 Å². The molecule has 0 radical (unpaired) electrons. The Morgan fingerprint density at radius 2 is 1.95 bits per heavy atom. The first-order chi connectivity index (χ1) is 19.4. The van der Waals surface area contributed by atoms with Crippen molar-refractivity contribution in [2.75, 3.05) is 0 Å². The van der Waals surface area contributed by atoms with Crippen molar-refractivity contribution in [1.29, 1.82) is 0 Å². The van der Waals surface area contributed by atoms with Crippen LogP contribution in [0.25, 0.3) is 0 Å². The third-order valence-electron chi connectivity index (χ3n) is 11.1. The second kappa shape index (κ2) is 12.1. The molecule has 6 heteroatoms. The number of aliphatic hydroxyl groups excluding tert-OH is 2. The lowest BCUT2D eigenvalue weighted by molar-refractivity contribution is -0.155. The monoisotopic (exact) mass is 581 g/mol. The molecule has 0 aromatic carbocycles. The minimum absolute atomic E-state index is 0.0908. The molecule has 0 saturated heterocycles. The molecule has 4 aliphatic carbocycles. The molecule has 4 saturated carbocycles. The number of aliphatic hydroxyl groups is 2. The Morgan fingerprint density at radius 3 is 2.61 bits per heavy atom. The average Bonchev–Trinajstić information content (AvgIpc) is 3.47. The van der Waals surface area contributed by atoms with Crippen molar-refractivity contribution in [2.45, 2.75) is 129 Å². The minimum Gasteiger partial charge on any atom is -0.461 e. The van der Waals surface area contributed by atoms with Gasteiger partial charge < -0.3 is 14.9 Å². The fourth-order valence-corrected chi connectivity index (χ4v) is 9.51. The first-order valence-corrected chi connectivity index (χ1v) is 16.9. The highest BCUT2D eigenvalue weighted by Gasteiger charge is 2.56. The maximum atomic E-state index is 12.8. The topological polar surface area (TPSA) is 79.7 Å². The molecule has 226 valence electrons. The van der Waals surface area contributed by atoms with E-state index in [2.05, 4.69) is 38.0 Å². The molecule has 0 spiro atoms. The molecule has 4 aliphatic rings.